The van der Waals surface area contributed by atoms with Gasteiger partial charge in [-0.25, -0.2) is 0 Å². The minimum atomic E-state index is 0.903. The lowest BCUT2D eigenvalue weighted by atomic mass is 10.0. The van der Waals surface area contributed by atoms with Crippen LogP contribution in [-0.4, -0.2) is 9.13 Å². The van der Waals surface area contributed by atoms with Crippen LogP contribution in [0.5, 0.6) is 0 Å². The predicted octanol–water partition coefficient (Wildman–Crippen LogP) is 9.75. The standard InChI is InChI=1S/C37H30N2/c1-4-26(5-2)27-19-21-37-33(23-27)31-14-7-6-8-16-34(31)39(37)29-13-11-12-28(24-29)38-35-17-10-9-15-30(35)32-22-25(3)18-20-36(32)38/h4-13,15-24H,1,14H2,2-3H3/b26-5+. The van der Waals surface area contributed by atoms with Crippen LogP contribution in [0.2, 0.25) is 0 Å². The fourth-order valence-corrected chi connectivity index (χ4v) is 6.17. The van der Waals surface area contributed by atoms with E-state index in [0.717, 1.165) is 23.4 Å². The SMILES string of the molecule is C=C/C(=C\C)c1ccc2c(c1)c1c(n2-c2cccc(-n3c4ccccc4c4cc(C)ccc43)c2)C=CC=CC1. The summed E-state index contributed by atoms with van der Waals surface area (Å²) in [5, 5.41) is 3.86. The first-order valence-electron chi connectivity index (χ1n) is 13.6. The van der Waals surface area contributed by atoms with Crippen molar-refractivity contribution in [2.24, 2.45) is 0 Å². The third kappa shape index (κ3) is 3.64. The summed E-state index contributed by atoms with van der Waals surface area (Å²) in [4.78, 5) is 0. The molecule has 2 heteroatoms. The summed E-state index contributed by atoms with van der Waals surface area (Å²) in [7, 11) is 0. The number of hydrogen-bond acceptors (Lipinski definition) is 0. The first kappa shape index (κ1) is 23.3. The van der Waals surface area contributed by atoms with Crippen LogP contribution in [0.25, 0.3) is 55.7 Å². The molecule has 7 rings (SSSR count). The predicted molar refractivity (Wildman–Crippen MR) is 168 cm³/mol. The molecule has 0 amide bonds. The molecular weight excluding hydrogens is 472 g/mol. The second-order valence-corrected chi connectivity index (χ2v) is 10.3. The van der Waals surface area contributed by atoms with Gasteiger partial charge >= 0.3 is 0 Å². The van der Waals surface area contributed by atoms with Crippen LogP contribution >= 0.6 is 0 Å². The Bertz CT molecular complexity index is 2020. The van der Waals surface area contributed by atoms with Gasteiger partial charge in [-0.05, 0) is 91.6 Å². The molecule has 2 heterocycles. The van der Waals surface area contributed by atoms with E-state index in [1.54, 1.807) is 0 Å². The van der Waals surface area contributed by atoms with Crippen LogP contribution < -0.4 is 0 Å². The van der Waals surface area contributed by atoms with Gasteiger partial charge in [0.1, 0.15) is 0 Å². The molecule has 4 aromatic carbocycles. The molecule has 0 saturated carbocycles. The van der Waals surface area contributed by atoms with E-state index in [2.05, 4.69) is 145 Å². The summed E-state index contributed by atoms with van der Waals surface area (Å²) < 4.78 is 4.82. The Morgan fingerprint density at radius 1 is 0.744 bits per heavy atom. The van der Waals surface area contributed by atoms with Crippen molar-refractivity contribution >= 4 is 44.4 Å². The van der Waals surface area contributed by atoms with Crippen LogP contribution in [0.4, 0.5) is 0 Å². The summed E-state index contributed by atoms with van der Waals surface area (Å²) in [6, 6.07) is 31.2. The van der Waals surface area contributed by atoms with Gasteiger partial charge in [-0.15, -0.1) is 0 Å². The van der Waals surface area contributed by atoms with E-state index < -0.39 is 0 Å². The third-order valence-electron chi connectivity index (χ3n) is 7.97. The number of para-hydroxylation sites is 1. The second-order valence-electron chi connectivity index (χ2n) is 10.3. The Balaban J connectivity index is 1.49. The highest BCUT2D eigenvalue weighted by molar-refractivity contribution is 6.09. The van der Waals surface area contributed by atoms with E-state index in [1.807, 2.05) is 6.08 Å². The summed E-state index contributed by atoms with van der Waals surface area (Å²) in [5.41, 5.74) is 12.2. The Morgan fingerprint density at radius 2 is 1.51 bits per heavy atom. The van der Waals surface area contributed by atoms with Crippen LogP contribution in [0.3, 0.4) is 0 Å². The quantitative estimate of drug-likeness (QED) is 0.212. The monoisotopic (exact) mass is 502 g/mol. The number of hydrogen-bond donors (Lipinski definition) is 0. The fraction of sp³-hybridized carbons (Fsp3) is 0.0811. The van der Waals surface area contributed by atoms with E-state index in [4.69, 9.17) is 0 Å². The van der Waals surface area contributed by atoms with Crippen LogP contribution in [-0.2, 0) is 6.42 Å². The van der Waals surface area contributed by atoms with Crippen molar-refractivity contribution in [3.8, 4) is 11.4 Å². The lowest BCUT2D eigenvalue weighted by molar-refractivity contribution is 1.07. The summed E-state index contributed by atoms with van der Waals surface area (Å²) in [6.07, 6.45) is 13.8. The summed E-state index contributed by atoms with van der Waals surface area (Å²) >= 11 is 0. The molecule has 1 aliphatic rings. The Labute approximate surface area is 229 Å². The number of allylic oxidation sites excluding steroid dienone is 6. The number of rotatable bonds is 4. The topological polar surface area (TPSA) is 9.86 Å². The largest absolute Gasteiger partial charge is 0.309 e. The zero-order valence-corrected chi connectivity index (χ0v) is 22.4. The van der Waals surface area contributed by atoms with Crippen LogP contribution in [0, 0.1) is 6.92 Å². The van der Waals surface area contributed by atoms with Gasteiger partial charge in [-0.3, -0.25) is 0 Å². The highest BCUT2D eigenvalue weighted by Gasteiger charge is 2.19. The smallest absolute Gasteiger partial charge is 0.0541 e. The van der Waals surface area contributed by atoms with Gasteiger partial charge in [0, 0.05) is 27.5 Å². The number of aromatic nitrogens is 2. The molecule has 0 atom stereocenters. The third-order valence-corrected chi connectivity index (χ3v) is 7.97. The zero-order chi connectivity index (χ0) is 26.5. The number of fused-ring (bicyclic) bond motifs is 6. The number of benzene rings is 4. The first-order valence-corrected chi connectivity index (χ1v) is 13.6. The van der Waals surface area contributed by atoms with E-state index in [1.165, 1.54) is 55.1 Å². The molecule has 0 aliphatic heterocycles. The second kappa shape index (κ2) is 9.18. The van der Waals surface area contributed by atoms with Crippen molar-refractivity contribution in [1.82, 2.24) is 9.13 Å². The lowest BCUT2D eigenvalue weighted by Gasteiger charge is -2.14. The van der Waals surface area contributed by atoms with Crippen molar-refractivity contribution in [2.75, 3.05) is 0 Å². The van der Waals surface area contributed by atoms with Gasteiger partial charge in [-0.2, -0.15) is 0 Å². The van der Waals surface area contributed by atoms with Gasteiger partial charge in [-0.1, -0.05) is 78.9 Å². The van der Waals surface area contributed by atoms with E-state index >= 15 is 0 Å². The Hall–Kier alpha value is -4.82. The molecule has 0 unspecified atom stereocenters. The molecule has 39 heavy (non-hydrogen) atoms. The minimum Gasteiger partial charge on any atom is -0.309 e. The van der Waals surface area contributed by atoms with E-state index in [-0.39, 0.29) is 0 Å². The van der Waals surface area contributed by atoms with Crippen molar-refractivity contribution < 1.29 is 0 Å². The molecule has 2 aromatic heterocycles. The highest BCUT2D eigenvalue weighted by atomic mass is 15.0. The molecule has 2 nitrogen and oxygen atoms in total. The Morgan fingerprint density at radius 3 is 2.36 bits per heavy atom. The highest BCUT2D eigenvalue weighted by Crippen LogP contribution is 2.37. The molecular formula is C37H30N2. The maximum Gasteiger partial charge on any atom is 0.0541 e. The van der Waals surface area contributed by atoms with Crippen molar-refractivity contribution in [3.05, 3.63) is 144 Å². The molecule has 188 valence electrons. The summed E-state index contributed by atoms with van der Waals surface area (Å²) in [5.74, 6) is 0. The summed E-state index contributed by atoms with van der Waals surface area (Å²) in [6.45, 7) is 8.26. The van der Waals surface area contributed by atoms with E-state index in [9.17, 15) is 0 Å². The maximum atomic E-state index is 4.03. The zero-order valence-electron chi connectivity index (χ0n) is 22.4. The van der Waals surface area contributed by atoms with Crippen molar-refractivity contribution in [3.63, 3.8) is 0 Å². The van der Waals surface area contributed by atoms with Crippen LogP contribution in [0.1, 0.15) is 29.3 Å². The first-order chi connectivity index (χ1) is 19.2. The van der Waals surface area contributed by atoms with E-state index in [0.29, 0.717) is 0 Å². The lowest BCUT2D eigenvalue weighted by Crippen LogP contribution is -2.00. The molecule has 6 aromatic rings. The molecule has 0 fully saturated rings. The molecule has 0 N–H and O–H groups in total. The fourth-order valence-electron chi connectivity index (χ4n) is 6.17. The number of nitrogens with zero attached hydrogens (tertiary/aromatic N) is 2. The van der Waals surface area contributed by atoms with Gasteiger partial charge in [0.2, 0.25) is 0 Å². The normalized spacial score (nSPS) is 13.3. The van der Waals surface area contributed by atoms with Crippen molar-refractivity contribution in [2.45, 2.75) is 20.3 Å². The molecule has 0 bridgehead atoms. The number of aryl methyl sites for hydroxylation is 1. The minimum absolute atomic E-state index is 0.903. The van der Waals surface area contributed by atoms with Gasteiger partial charge < -0.3 is 9.13 Å². The molecule has 1 aliphatic carbocycles. The molecule has 0 saturated heterocycles. The van der Waals surface area contributed by atoms with Crippen LogP contribution in [0.15, 0.2) is 122 Å². The van der Waals surface area contributed by atoms with Crippen molar-refractivity contribution in [1.29, 1.82) is 0 Å². The average molecular weight is 503 g/mol. The van der Waals surface area contributed by atoms with Gasteiger partial charge in [0.15, 0.2) is 0 Å². The van der Waals surface area contributed by atoms with Gasteiger partial charge in [0.05, 0.1) is 22.2 Å². The molecule has 0 radical (unpaired) electrons. The van der Waals surface area contributed by atoms with Gasteiger partial charge in [0.25, 0.3) is 0 Å². The Kier molecular flexibility index (Phi) is 5.49. The molecule has 0 spiro atoms. The maximum absolute atomic E-state index is 4.03. The average Bonchev–Trinajstić information content (AvgIpc) is 3.33.